The lowest BCUT2D eigenvalue weighted by molar-refractivity contribution is 0.419. The van der Waals surface area contributed by atoms with Gasteiger partial charge in [-0.2, -0.15) is 9.98 Å². The highest BCUT2D eigenvalue weighted by atomic mass is 35.5. The number of isothiocyanates is 1. The summed E-state index contributed by atoms with van der Waals surface area (Å²) < 4.78 is 4.64. The fraction of sp³-hybridized carbons (Fsp3) is 0. The highest BCUT2D eigenvalue weighted by molar-refractivity contribution is 7.78. The zero-order chi connectivity index (χ0) is 10.7. The van der Waals surface area contributed by atoms with E-state index in [1.54, 1.807) is 18.2 Å². The molecule has 0 bridgehead atoms. The number of hydrogen-bond donors (Lipinski definition) is 0. The topological polar surface area (TPSA) is 51.3 Å². The van der Waals surface area contributed by atoms with Gasteiger partial charge in [0.2, 0.25) is 12.2 Å². The minimum atomic E-state index is 0.479. The van der Waals surface area contributed by atoms with Crippen LogP contribution < -0.4 is 0 Å². The molecule has 0 N–H and O–H groups in total. The summed E-state index contributed by atoms with van der Waals surface area (Å²) in [5.74, 6) is 0.479. The van der Waals surface area contributed by atoms with Crippen LogP contribution >= 0.6 is 23.8 Å². The molecule has 6 heteroatoms. The second-order valence-corrected chi connectivity index (χ2v) is 3.21. The van der Waals surface area contributed by atoms with Crippen LogP contribution in [0, 0.1) is 0 Å². The molecule has 0 amide bonds. The molecule has 0 spiro atoms. The predicted octanol–water partition coefficient (Wildman–Crippen LogP) is 3.12. The van der Waals surface area contributed by atoms with E-state index < -0.39 is 0 Å². The quantitative estimate of drug-likeness (QED) is 0.595. The van der Waals surface area contributed by atoms with Gasteiger partial charge in [0.05, 0.1) is 15.9 Å². The Labute approximate surface area is 95.6 Å². The summed E-state index contributed by atoms with van der Waals surface area (Å²) in [5, 5.41) is 6.46. The van der Waals surface area contributed by atoms with E-state index in [1.807, 2.05) is 0 Å². The van der Waals surface area contributed by atoms with Crippen molar-refractivity contribution in [1.29, 1.82) is 0 Å². The first kappa shape index (κ1) is 9.98. The standard InChI is InChI=1S/C9H4ClN3OS/c10-7-2-1-6(3-8(7)12-5-15)9-11-4-14-13-9/h1-4H. The van der Waals surface area contributed by atoms with Gasteiger partial charge >= 0.3 is 0 Å². The molecule has 2 rings (SSSR count). The molecule has 0 saturated carbocycles. The monoisotopic (exact) mass is 237 g/mol. The first-order chi connectivity index (χ1) is 7.31. The fourth-order valence-electron chi connectivity index (χ4n) is 1.08. The molecule has 0 saturated heterocycles. The van der Waals surface area contributed by atoms with Crippen molar-refractivity contribution in [2.24, 2.45) is 4.99 Å². The third-order valence-electron chi connectivity index (χ3n) is 1.73. The van der Waals surface area contributed by atoms with E-state index in [-0.39, 0.29) is 0 Å². The van der Waals surface area contributed by atoms with Crippen molar-refractivity contribution >= 4 is 34.7 Å². The molecule has 1 aromatic carbocycles. The number of benzene rings is 1. The number of hydrogen-bond acceptors (Lipinski definition) is 5. The third-order valence-corrected chi connectivity index (χ3v) is 2.14. The van der Waals surface area contributed by atoms with Gasteiger partial charge in [-0.3, -0.25) is 0 Å². The molecule has 0 fully saturated rings. The van der Waals surface area contributed by atoms with E-state index >= 15 is 0 Å². The molecule has 2 aromatic rings. The van der Waals surface area contributed by atoms with Gasteiger partial charge in [-0.1, -0.05) is 16.8 Å². The van der Waals surface area contributed by atoms with Gasteiger partial charge in [-0.05, 0) is 30.4 Å². The normalized spacial score (nSPS) is 9.67. The first-order valence-corrected chi connectivity index (χ1v) is 4.74. The van der Waals surface area contributed by atoms with Gasteiger partial charge in [-0.15, -0.1) is 0 Å². The average molecular weight is 238 g/mol. The Morgan fingerprint density at radius 3 is 3.00 bits per heavy atom. The van der Waals surface area contributed by atoms with Gasteiger partial charge in [-0.25, -0.2) is 0 Å². The molecule has 15 heavy (non-hydrogen) atoms. The van der Waals surface area contributed by atoms with Crippen LogP contribution in [0.25, 0.3) is 11.4 Å². The number of halogens is 1. The molecule has 1 heterocycles. The van der Waals surface area contributed by atoms with E-state index in [2.05, 4.69) is 37.0 Å². The number of nitrogens with zero attached hydrogens (tertiary/aromatic N) is 3. The summed E-state index contributed by atoms with van der Waals surface area (Å²) in [6.07, 6.45) is 1.26. The van der Waals surface area contributed by atoms with Gasteiger partial charge in [0.1, 0.15) is 0 Å². The molecular formula is C9H4ClN3OS. The zero-order valence-corrected chi connectivity index (χ0v) is 8.92. The second-order valence-electron chi connectivity index (χ2n) is 2.62. The van der Waals surface area contributed by atoms with Crippen LogP contribution in [0.4, 0.5) is 5.69 Å². The van der Waals surface area contributed by atoms with Gasteiger partial charge in [0.15, 0.2) is 0 Å². The Kier molecular flexibility index (Phi) is 2.87. The Morgan fingerprint density at radius 2 is 2.33 bits per heavy atom. The average Bonchev–Trinajstić information content (AvgIpc) is 2.75. The molecule has 0 aliphatic rings. The molecular weight excluding hydrogens is 234 g/mol. The zero-order valence-electron chi connectivity index (χ0n) is 7.35. The van der Waals surface area contributed by atoms with Crippen LogP contribution in [-0.4, -0.2) is 15.3 Å². The Morgan fingerprint density at radius 1 is 1.47 bits per heavy atom. The molecule has 1 aromatic heterocycles. The van der Waals surface area contributed by atoms with Gasteiger partial charge in [0.25, 0.3) is 0 Å². The number of rotatable bonds is 2. The van der Waals surface area contributed by atoms with Crippen LogP contribution in [0.1, 0.15) is 0 Å². The minimum absolute atomic E-state index is 0.479. The Bertz CT molecular complexity index is 520. The number of aromatic nitrogens is 2. The van der Waals surface area contributed by atoms with Crippen LogP contribution in [-0.2, 0) is 0 Å². The lowest BCUT2D eigenvalue weighted by Crippen LogP contribution is -1.80. The third kappa shape index (κ3) is 2.10. The van der Waals surface area contributed by atoms with Crippen molar-refractivity contribution in [3.8, 4) is 11.4 Å². The molecule has 0 aliphatic carbocycles. The highest BCUT2D eigenvalue weighted by Crippen LogP contribution is 2.28. The maximum Gasteiger partial charge on any atom is 0.214 e. The van der Waals surface area contributed by atoms with E-state index in [0.29, 0.717) is 16.5 Å². The summed E-state index contributed by atoms with van der Waals surface area (Å²) in [6.45, 7) is 0. The van der Waals surface area contributed by atoms with Crippen LogP contribution in [0.2, 0.25) is 5.02 Å². The van der Waals surface area contributed by atoms with Crippen molar-refractivity contribution in [2.75, 3.05) is 0 Å². The SMILES string of the molecule is S=C=Nc1cc(-c2ncon2)ccc1Cl. The molecule has 74 valence electrons. The molecule has 0 atom stereocenters. The summed E-state index contributed by atoms with van der Waals surface area (Å²) in [5.41, 5.74) is 1.30. The van der Waals surface area contributed by atoms with Gasteiger partial charge in [0, 0.05) is 5.56 Å². The van der Waals surface area contributed by atoms with Crippen LogP contribution in [0.5, 0.6) is 0 Å². The van der Waals surface area contributed by atoms with Gasteiger partial charge < -0.3 is 4.52 Å². The maximum atomic E-state index is 5.89. The van der Waals surface area contributed by atoms with E-state index in [0.717, 1.165) is 5.56 Å². The fourth-order valence-corrected chi connectivity index (χ4v) is 1.34. The lowest BCUT2D eigenvalue weighted by atomic mass is 10.2. The molecule has 0 aliphatic heterocycles. The smallest absolute Gasteiger partial charge is 0.214 e. The second kappa shape index (κ2) is 4.31. The first-order valence-electron chi connectivity index (χ1n) is 3.95. The summed E-state index contributed by atoms with van der Waals surface area (Å²) >= 11 is 10.4. The van der Waals surface area contributed by atoms with Crippen LogP contribution in [0.15, 0.2) is 34.1 Å². The molecule has 0 unspecified atom stereocenters. The van der Waals surface area contributed by atoms with Crippen molar-refractivity contribution in [2.45, 2.75) is 0 Å². The van der Waals surface area contributed by atoms with Crippen molar-refractivity contribution in [1.82, 2.24) is 10.1 Å². The van der Waals surface area contributed by atoms with Crippen molar-refractivity contribution in [3.63, 3.8) is 0 Å². The Hall–Kier alpha value is -1.55. The Balaban J connectivity index is 2.52. The van der Waals surface area contributed by atoms with E-state index in [1.165, 1.54) is 6.39 Å². The summed E-state index contributed by atoms with van der Waals surface area (Å²) in [4.78, 5) is 7.73. The van der Waals surface area contributed by atoms with Crippen molar-refractivity contribution in [3.05, 3.63) is 29.6 Å². The number of thiocarbonyl (C=S) groups is 1. The summed E-state index contributed by atoms with van der Waals surface area (Å²) in [7, 11) is 0. The molecule has 0 radical (unpaired) electrons. The molecule has 4 nitrogen and oxygen atoms in total. The van der Waals surface area contributed by atoms with Crippen LogP contribution in [0.3, 0.4) is 0 Å². The predicted molar refractivity (Wildman–Crippen MR) is 59.4 cm³/mol. The number of aliphatic imine (C=N–C) groups is 1. The highest BCUT2D eigenvalue weighted by Gasteiger charge is 2.06. The lowest BCUT2D eigenvalue weighted by Gasteiger charge is -1.98. The maximum absolute atomic E-state index is 5.89. The van der Waals surface area contributed by atoms with E-state index in [4.69, 9.17) is 11.6 Å². The van der Waals surface area contributed by atoms with Crippen molar-refractivity contribution < 1.29 is 4.52 Å². The minimum Gasteiger partial charge on any atom is -0.342 e. The largest absolute Gasteiger partial charge is 0.342 e. The van der Waals surface area contributed by atoms with E-state index in [9.17, 15) is 0 Å². The summed E-state index contributed by atoms with van der Waals surface area (Å²) in [6, 6.07) is 5.18.